The summed E-state index contributed by atoms with van der Waals surface area (Å²) >= 11 is 1.88. The summed E-state index contributed by atoms with van der Waals surface area (Å²) in [4.78, 5) is 12.0. The van der Waals surface area contributed by atoms with Crippen LogP contribution in [0.3, 0.4) is 0 Å². The number of hydrogen-bond acceptors (Lipinski definition) is 3. The van der Waals surface area contributed by atoms with Gasteiger partial charge in [0, 0.05) is 42.7 Å². The van der Waals surface area contributed by atoms with Crippen LogP contribution in [0.25, 0.3) is 0 Å². The van der Waals surface area contributed by atoms with E-state index in [1.807, 2.05) is 24.8 Å². The molecule has 0 spiro atoms. The van der Waals surface area contributed by atoms with Crippen molar-refractivity contribution in [1.82, 2.24) is 19.8 Å². The van der Waals surface area contributed by atoms with E-state index in [1.54, 1.807) is 0 Å². The fourth-order valence-corrected chi connectivity index (χ4v) is 4.16. The number of imidazole rings is 1. The smallest absolute Gasteiger partial charge is 0.319 e. The zero-order valence-corrected chi connectivity index (χ0v) is 18.9. The zero-order valence-electron chi connectivity index (χ0n) is 15.8. The Bertz CT molecular complexity index is 741. The molecule has 0 saturated carbocycles. The van der Waals surface area contributed by atoms with E-state index in [9.17, 15) is 8.78 Å². The monoisotopic (exact) mass is 521 g/mol. The second-order valence-corrected chi connectivity index (χ2v) is 7.52. The van der Waals surface area contributed by atoms with Crippen LogP contribution in [-0.4, -0.2) is 45.8 Å². The van der Waals surface area contributed by atoms with E-state index in [0.29, 0.717) is 5.92 Å². The van der Waals surface area contributed by atoms with E-state index in [4.69, 9.17) is 0 Å². The molecule has 0 radical (unpaired) electrons. The average molecular weight is 521 g/mol. The van der Waals surface area contributed by atoms with Crippen molar-refractivity contribution in [2.45, 2.75) is 31.3 Å². The molecule has 5 nitrogen and oxygen atoms in total. The molecule has 1 saturated heterocycles. The van der Waals surface area contributed by atoms with Gasteiger partial charge in [0.1, 0.15) is 12.4 Å². The molecule has 1 N–H and O–H groups in total. The van der Waals surface area contributed by atoms with E-state index < -0.39 is 6.55 Å². The predicted molar refractivity (Wildman–Crippen MR) is 121 cm³/mol. The molecule has 0 aliphatic carbocycles. The first-order valence-electron chi connectivity index (χ1n) is 9.18. The molecule has 1 aliphatic heterocycles. The normalized spacial score (nSPS) is 17.1. The Morgan fingerprint density at radius 3 is 2.86 bits per heavy atom. The van der Waals surface area contributed by atoms with Gasteiger partial charge in [-0.25, -0.2) is 9.98 Å². The summed E-state index contributed by atoms with van der Waals surface area (Å²) in [5.41, 5.74) is 0. The number of alkyl halides is 2. The molecular weight excluding hydrogens is 495 g/mol. The number of benzene rings is 1. The number of rotatable bonds is 7. The summed E-state index contributed by atoms with van der Waals surface area (Å²) in [6, 6.07) is 10.4. The number of aromatic nitrogens is 2. The number of aliphatic imine (C=N–C) groups is 1. The molecule has 1 unspecified atom stereocenters. The third-order valence-corrected chi connectivity index (χ3v) is 5.72. The lowest BCUT2D eigenvalue weighted by molar-refractivity contribution is 0.0671. The van der Waals surface area contributed by atoms with Gasteiger partial charge in [-0.15, -0.1) is 35.7 Å². The van der Waals surface area contributed by atoms with Crippen molar-refractivity contribution in [2.75, 3.05) is 25.4 Å². The second-order valence-electron chi connectivity index (χ2n) is 6.42. The third-order valence-electron chi connectivity index (χ3n) is 4.48. The highest BCUT2D eigenvalue weighted by Crippen LogP contribution is 2.26. The van der Waals surface area contributed by atoms with Crippen LogP contribution in [0.5, 0.6) is 0 Å². The highest BCUT2D eigenvalue weighted by molar-refractivity contribution is 14.0. The van der Waals surface area contributed by atoms with Crippen LogP contribution in [-0.2, 0) is 6.54 Å². The first-order chi connectivity index (χ1) is 13.2. The van der Waals surface area contributed by atoms with E-state index in [1.165, 1.54) is 17.3 Å². The third kappa shape index (κ3) is 6.33. The molecular formula is C19H26F2IN5S. The molecule has 2 heterocycles. The molecule has 1 aromatic carbocycles. The van der Waals surface area contributed by atoms with Crippen molar-refractivity contribution in [2.24, 2.45) is 10.9 Å². The Kier molecular flexibility index (Phi) is 9.49. The quantitative estimate of drug-likeness (QED) is 0.253. The van der Waals surface area contributed by atoms with Crippen LogP contribution in [0, 0.1) is 5.92 Å². The van der Waals surface area contributed by atoms with Crippen molar-refractivity contribution in [3.8, 4) is 0 Å². The van der Waals surface area contributed by atoms with Crippen LogP contribution in [0.15, 0.2) is 52.6 Å². The lowest BCUT2D eigenvalue weighted by atomic mass is 10.2. The molecule has 1 aliphatic rings. The SMILES string of the molecule is CCNC(=NCc1nccn1C(F)F)N1CCC(CSc2ccccc2)C1.I. The summed E-state index contributed by atoms with van der Waals surface area (Å²) in [7, 11) is 0. The number of likely N-dealkylation sites (tertiary alicyclic amines) is 1. The fourth-order valence-electron chi connectivity index (χ4n) is 3.11. The van der Waals surface area contributed by atoms with Gasteiger partial charge in [-0.05, 0) is 31.4 Å². The standard InChI is InChI=1S/C19H25F2N5S.HI/c1-2-22-19(24-12-17-23-9-11-26(17)18(20)21)25-10-8-15(13-25)14-27-16-6-4-3-5-7-16;/h3-7,9,11,15,18H,2,8,10,12-14H2,1H3,(H,22,24);1H. The van der Waals surface area contributed by atoms with Gasteiger partial charge in [-0.2, -0.15) is 8.78 Å². The number of halogens is 3. The van der Waals surface area contributed by atoms with E-state index in [2.05, 4.69) is 44.5 Å². The summed E-state index contributed by atoms with van der Waals surface area (Å²) in [5, 5.41) is 3.27. The maximum atomic E-state index is 13.0. The molecule has 9 heteroatoms. The van der Waals surface area contributed by atoms with E-state index >= 15 is 0 Å². The summed E-state index contributed by atoms with van der Waals surface area (Å²) < 4.78 is 26.8. The zero-order chi connectivity index (χ0) is 19.1. The lowest BCUT2D eigenvalue weighted by Gasteiger charge is -2.21. The van der Waals surface area contributed by atoms with Crippen LogP contribution in [0.2, 0.25) is 0 Å². The first-order valence-corrected chi connectivity index (χ1v) is 10.2. The van der Waals surface area contributed by atoms with Gasteiger partial charge in [0.05, 0.1) is 0 Å². The van der Waals surface area contributed by atoms with E-state index in [0.717, 1.165) is 42.3 Å². The van der Waals surface area contributed by atoms with Crippen molar-refractivity contribution in [1.29, 1.82) is 0 Å². The van der Waals surface area contributed by atoms with Gasteiger partial charge >= 0.3 is 6.55 Å². The topological polar surface area (TPSA) is 45.5 Å². The molecule has 154 valence electrons. The second kappa shape index (κ2) is 11.6. The Balaban J connectivity index is 0.00000280. The predicted octanol–water partition coefficient (Wildman–Crippen LogP) is 4.48. The van der Waals surface area contributed by atoms with Crippen LogP contribution in [0.4, 0.5) is 8.78 Å². The highest BCUT2D eigenvalue weighted by Gasteiger charge is 2.25. The van der Waals surface area contributed by atoms with Gasteiger partial charge in [0.15, 0.2) is 5.96 Å². The molecule has 1 aromatic heterocycles. The van der Waals surface area contributed by atoms with Crippen molar-refractivity contribution < 1.29 is 8.78 Å². The first kappa shape index (κ1) is 22.9. The average Bonchev–Trinajstić information content (AvgIpc) is 3.34. The Labute approximate surface area is 186 Å². The molecule has 3 rings (SSSR count). The highest BCUT2D eigenvalue weighted by atomic mass is 127. The van der Waals surface area contributed by atoms with Gasteiger partial charge < -0.3 is 10.2 Å². The van der Waals surface area contributed by atoms with Gasteiger partial charge in [-0.1, -0.05) is 18.2 Å². The largest absolute Gasteiger partial charge is 0.357 e. The van der Waals surface area contributed by atoms with E-state index in [-0.39, 0.29) is 36.3 Å². The Hall–Kier alpha value is -1.36. The van der Waals surface area contributed by atoms with Crippen molar-refractivity contribution >= 4 is 41.7 Å². The summed E-state index contributed by atoms with van der Waals surface area (Å²) in [6.07, 6.45) is 3.78. The molecule has 28 heavy (non-hydrogen) atoms. The van der Waals surface area contributed by atoms with Crippen LogP contribution in [0.1, 0.15) is 25.7 Å². The summed E-state index contributed by atoms with van der Waals surface area (Å²) in [6.45, 7) is 2.15. The maximum Gasteiger partial charge on any atom is 0.319 e. The Morgan fingerprint density at radius 1 is 1.36 bits per heavy atom. The molecule has 1 atom stereocenters. The Morgan fingerprint density at radius 2 is 2.14 bits per heavy atom. The minimum atomic E-state index is -2.59. The number of thioether (sulfide) groups is 1. The van der Waals surface area contributed by atoms with Gasteiger partial charge in [0.25, 0.3) is 0 Å². The molecule has 0 bridgehead atoms. The summed E-state index contributed by atoms with van der Waals surface area (Å²) in [5.74, 6) is 2.70. The van der Waals surface area contributed by atoms with Crippen molar-refractivity contribution in [3.63, 3.8) is 0 Å². The maximum absolute atomic E-state index is 13.0. The van der Waals surface area contributed by atoms with Crippen LogP contribution < -0.4 is 5.32 Å². The number of nitrogens with zero attached hydrogens (tertiary/aromatic N) is 4. The van der Waals surface area contributed by atoms with Crippen molar-refractivity contribution in [3.05, 3.63) is 48.5 Å². The van der Waals surface area contributed by atoms with Gasteiger partial charge in [-0.3, -0.25) is 4.57 Å². The number of nitrogens with one attached hydrogen (secondary N) is 1. The number of guanidine groups is 1. The fraction of sp³-hybridized carbons (Fsp3) is 0.474. The number of hydrogen-bond donors (Lipinski definition) is 1. The minimum Gasteiger partial charge on any atom is -0.357 e. The van der Waals surface area contributed by atoms with Gasteiger partial charge in [0.2, 0.25) is 0 Å². The molecule has 1 fully saturated rings. The van der Waals surface area contributed by atoms with Crippen LogP contribution >= 0.6 is 35.7 Å². The lowest BCUT2D eigenvalue weighted by Crippen LogP contribution is -2.40. The molecule has 0 amide bonds. The minimum absolute atomic E-state index is 0. The molecule has 2 aromatic rings.